The van der Waals surface area contributed by atoms with E-state index < -0.39 is 0 Å². The average Bonchev–Trinajstić information content (AvgIpc) is 3.03. The predicted molar refractivity (Wildman–Crippen MR) is 93.2 cm³/mol. The van der Waals surface area contributed by atoms with Crippen LogP contribution in [0.15, 0.2) is 24.3 Å². The topological polar surface area (TPSA) is 66.6 Å². The van der Waals surface area contributed by atoms with Crippen LogP contribution in [0.5, 0.6) is 0 Å². The number of likely N-dealkylation sites (tertiary alicyclic amines) is 2. The molecule has 24 heavy (non-hydrogen) atoms. The molecule has 5 heteroatoms. The molecule has 2 fully saturated rings. The van der Waals surface area contributed by atoms with E-state index in [9.17, 15) is 9.59 Å². The summed E-state index contributed by atoms with van der Waals surface area (Å²) in [5.74, 6) is -0.125. The van der Waals surface area contributed by atoms with Crippen molar-refractivity contribution in [3.05, 3.63) is 35.4 Å². The summed E-state index contributed by atoms with van der Waals surface area (Å²) in [4.78, 5) is 28.1. The molecular formula is C19H27N3O2. The first-order chi connectivity index (χ1) is 11.5. The first-order valence-electron chi connectivity index (χ1n) is 8.92. The van der Waals surface area contributed by atoms with Gasteiger partial charge in [-0.2, -0.15) is 0 Å². The fourth-order valence-electron chi connectivity index (χ4n) is 3.96. The molecule has 3 rings (SSSR count). The number of nitrogens with zero attached hydrogens (tertiary/aromatic N) is 2. The van der Waals surface area contributed by atoms with Crippen LogP contribution in [0.1, 0.15) is 42.9 Å². The molecule has 0 radical (unpaired) electrons. The van der Waals surface area contributed by atoms with Crippen LogP contribution in [0.3, 0.4) is 0 Å². The van der Waals surface area contributed by atoms with Gasteiger partial charge in [0.05, 0.1) is 6.54 Å². The number of rotatable bonds is 4. The predicted octanol–water partition coefficient (Wildman–Crippen LogP) is 1.86. The van der Waals surface area contributed by atoms with E-state index in [1.807, 2.05) is 4.90 Å². The number of primary amides is 1. The number of nitrogens with two attached hydrogens (primary N) is 1. The van der Waals surface area contributed by atoms with Gasteiger partial charge in [-0.25, -0.2) is 0 Å². The van der Waals surface area contributed by atoms with Gasteiger partial charge in [0.15, 0.2) is 0 Å². The molecule has 2 N–H and O–H groups in total. The van der Waals surface area contributed by atoms with Crippen LogP contribution in [0, 0.1) is 12.8 Å². The summed E-state index contributed by atoms with van der Waals surface area (Å²) in [6.45, 7) is 4.85. The summed E-state index contributed by atoms with van der Waals surface area (Å²) < 4.78 is 0. The molecule has 0 aliphatic carbocycles. The molecule has 2 saturated heterocycles. The second-order valence-electron chi connectivity index (χ2n) is 7.10. The van der Waals surface area contributed by atoms with Gasteiger partial charge in [0.1, 0.15) is 0 Å². The minimum atomic E-state index is -0.235. The molecule has 1 unspecified atom stereocenters. The van der Waals surface area contributed by atoms with Gasteiger partial charge in [0.25, 0.3) is 0 Å². The standard InChI is InChI=1S/C19H27N3O2/c1-14-4-2-5-16(12-14)17-6-3-9-22(17)13-18(23)21-10-7-15(8-11-21)19(20)24/h2,4-5,12,15,17H,3,6-11,13H2,1H3,(H2,20,24). The Balaban J connectivity index is 1.59. The maximum atomic E-state index is 12.6. The van der Waals surface area contributed by atoms with E-state index >= 15 is 0 Å². The maximum Gasteiger partial charge on any atom is 0.236 e. The molecule has 0 spiro atoms. The molecule has 1 aromatic rings. The van der Waals surface area contributed by atoms with E-state index in [0.29, 0.717) is 38.5 Å². The molecule has 1 aromatic carbocycles. The largest absolute Gasteiger partial charge is 0.369 e. The summed E-state index contributed by atoms with van der Waals surface area (Å²) in [6, 6.07) is 8.94. The van der Waals surface area contributed by atoms with Crippen LogP contribution in [-0.2, 0) is 9.59 Å². The van der Waals surface area contributed by atoms with Gasteiger partial charge in [-0.1, -0.05) is 29.8 Å². The normalized spacial score (nSPS) is 22.7. The number of hydrogen-bond acceptors (Lipinski definition) is 3. The van der Waals surface area contributed by atoms with Gasteiger partial charge in [-0.3, -0.25) is 14.5 Å². The lowest BCUT2D eigenvalue weighted by atomic mass is 9.96. The van der Waals surface area contributed by atoms with Crippen LogP contribution < -0.4 is 5.73 Å². The number of carbonyl (C=O) groups excluding carboxylic acids is 2. The monoisotopic (exact) mass is 329 g/mol. The number of hydrogen-bond donors (Lipinski definition) is 1. The molecule has 2 heterocycles. The second-order valence-corrected chi connectivity index (χ2v) is 7.10. The van der Waals surface area contributed by atoms with Crippen molar-refractivity contribution in [2.45, 2.75) is 38.6 Å². The highest BCUT2D eigenvalue weighted by Crippen LogP contribution is 2.32. The third kappa shape index (κ3) is 3.78. The Morgan fingerprint density at radius 3 is 2.58 bits per heavy atom. The quantitative estimate of drug-likeness (QED) is 0.917. The molecule has 0 aromatic heterocycles. The molecular weight excluding hydrogens is 302 g/mol. The fourth-order valence-corrected chi connectivity index (χ4v) is 3.96. The lowest BCUT2D eigenvalue weighted by molar-refractivity contribution is -0.136. The van der Waals surface area contributed by atoms with E-state index in [1.54, 1.807) is 0 Å². The number of benzene rings is 1. The third-order valence-electron chi connectivity index (χ3n) is 5.38. The molecule has 2 aliphatic rings. The minimum absolute atomic E-state index is 0.0686. The van der Waals surface area contributed by atoms with Gasteiger partial charge in [0.2, 0.25) is 11.8 Å². The van der Waals surface area contributed by atoms with Gasteiger partial charge in [0, 0.05) is 25.0 Å². The Labute approximate surface area is 143 Å². The Morgan fingerprint density at radius 1 is 1.17 bits per heavy atom. The molecule has 0 bridgehead atoms. The zero-order valence-electron chi connectivity index (χ0n) is 14.4. The first-order valence-corrected chi connectivity index (χ1v) is 8.92. The average molecular weight is 329 g/mol. The van der Waals surface area contributed by atoms with E-state index in [1.165, 1.54) is 11.1 Å². The molecule has 130 valence electrons. The summed E-state index contributed by atoms with van der Waals surface area (Å²) >= 11 is 0. The van der Waals surface area contributed by atoms with Crippen LogP contribution in [0.4, 0.5) is 0 Å². The van der Waals surface area contributed by atoms with E-state index in [2.05, 4.69) is 36.1 Å². The zero-order valence-corrected chi connectivity index (χ0v) is 14.4. The van der Waals surface area contributed by atoms with E-state index in [0.717, 1.165) is 19.4 Å². The fraction of sp³-hybridized carbons (Fsp3) is 0.579. The van der Waals surface area contributed by atoms with Crippen molar-refractivity contribution >= 4 is 11.8 Å². The summed E-state index contributed by atoms with van der Waals surface area (Å²) in [6.07, 6.45) is 3.64. The second kappa shape index (κ2) is 7.34. The van der Waals surface area contributed by atoms with Gasteiger partial charge in [-0.15, -0.1) is 0 Å². The van der Waals surface area contributed by atoms with Crippen molar-refractivity contribution in [2.75, 3.05) is 26.2 Å². The molecule has 2 amide bonds. The van der Waals surface area contributed by atoms with Crippen molar-refractivity contribution in [1.29, 1.82) is 0 Å². The number of amides is 2. The Morgan fingerprint density at radius 2 is 1.92 bits per heavy atom. The molecule has 1 atom stereocenters. The highest BCUT2D eigenvalue weighted by molar-refractivity contribution is 5.80. The Bertz CT molecular complexity index is 608. The zero-order chi connectivity index (χ0) is 17.1. The molecule has 2 aliphatic heterocycles. The highest BCUT2D eigenvalue weighted by Gasteiger charge is 2.31. The Hall–Kier alpha value is -1.88. The van der Waals surface area contributed by atoms with Crippen molar-refractivity contribution < 1.29 is 9.59 Å². The minimum Gasteiger partial charge on any atom is -0.369 e. The van der Waals surface area contributed by atoms with E-state index in [-0.39, 0.29) is 17.7 Å². The number of aryl methyl sites for hydroxylation is 1. The first kappa shape index (κ1) is 17.0. The summed E-state index contributed by atoms with van der Waals surface area (Å²) in [5, 5.41) is 0. The smallest absolute Gasteiger partial charge is 0.236 e. The summed E-state index contributed by atoms with van der Waals surface area (Å²) in [7, 11) is 0. The van der Waals surface area contributed by atoms with Gasteiger partial charge >= 0.3 is 0 Å². The van der Waals surface area contributed by atoms with Gasteiger partial charge < -0.3 is 10.6 Å². The van der Waals surface area contributed by atoms with Crippen molar-refractivity contribution in [1.82, 2.24) is 9.80 Å². The van der Waals surface area contributed by atoms with Crippen LogP contribution in [-0.4, -0.2) is 47.8 Å². The molecule has 0 saturated carbocycles. The van der Waals surface area contributed by atoms with Crippen molar-refractivity contribution in [3.8, 4) is 0 Å². The van der Waals surface area contributed by atoms with E-state index in [4.69, 9.17) is 5.73 Å². The van der Waals surface area contributed by atoms with Crippen molar-refractivity contribution in [3.63, 3.8) is 0 Å². The van der Waals surface area contributed by atoms with Crippen molar-refractivity contribution in [2.24, 2.45) is 11.7 Å². The molecule has 5 nitrogen and oxygen atoms in total. The SMILES string of the molecule is Cc1cccc(C2CCCN2CC(=O)N2CCC(C(N)=O)CC2)c1. The lowest BCUT2D eigenvalue weighted by Crippen LogP contribution is -2.45. The van der Waals surface area contributed by atoms with Crippen LogP contribution >= 0.6 is 0 Å². The van der Waals surface area contributed by atoms with Crippen LogP contribution in [0.25, 0.3) is 0 Å². The number of carbonyl (C=O) groups is 2. The van der Waals surface area contributed by atoms with Gasteiger partial charge in [-0.05, 0) is 44.7 Å². The summed E-state index contributed by atoms with van der Waals surface area (Å²) in [5.41, 5.74) is 7.94. The highest BCUT2D eigenvalue weighted by atomic mass is 16.2. The van der Waals surface area contributed by atoms with Crippen LogP contribution in [0.2, 0.25) is 0 Å². The Kier molecular flexibility index (Phi) is 5.19. The maximum absolute atomic E-state index is 12.6. The third-order valence-corrected chi connectivity index (χ3v) is 5.38. The number of piperidine rings is 1. The lowest BCUT2D eigenvalue weighted by Gasteiger charge is -2.33.